The molecule has 1 amide bonds. The zero-order valence-electron chi connectivity index (χ0n) is 10.9. The van der Waals surface area contributed by atoms with Crippen LogP contribution >= 0.6 is 0 Å². The third kappa shape index (κ3) is 2.58. The van der Waals surface area contributed by atoms with Crippen molar-refractivity contribution in [2.45, 2.75) is 33.1 Å². The van der Waals surface area contributed by atoms with Crippen LogP contribution in [0, 0.1) is 6.92 Å². The van der Waals surface area contributed by atoms with Gasteiger partial charge in [0.1, 0.15) is 5.76 Å². The normalized spacial score (nSPS) is 11.6. The molecule has 2 heterocycles. The summed E-state index contributed by atoms with van der Waals surface area (Å²) < 4.78 is 4.87. The lowest BCUT2D eigenvalue weighted by atomic mass is 9.92. The van der Waals surface area contributed by atoms with Crippen molar-refractivity contribution in [3.8, 4) is 0 Å². The minimum atomic E-state index is -0.310. The van der Waals surface area contributed by atoms with Gasteiger partial charge in [0.15, 0.2) is 11.5 Å². The number of aryl methyl sites for hydroxylation is 1. The van der Waals surface area contributed by atoms with Crippen molar-refractivity contribution >= 4 is 11.7 Å². The maximum Gasteiger partial charge on any atom is 0.277 e. The predicted molar refractivity (Wildman–Crippen MR) is 66.5 cm³/mol. The highest BCUT2D eigenvalue weighted by atomic mass is 16.5. The van der Waals surface area contributed by atoms with Crippen molar-refractivity contribution in [3.63, 3.8) is 0 Å². The Morgan fingerprint density at radius 1 is 1.39 bits per heavy atom. The summed E-state index contributed by atoms with van der Waals surface area (Å²) in [6, 6.07) is 3.39. The van der Waals surface area contributed by atoms with Gasteiger partial charge in [0.05, 0.1) is 0 Å². The maximum atomic E-state index is 11.9. The molecule has 2 aromatic rings. The Hall–Kier alpha value is -2.11. The van der Waals surface area contributed by atoms with Gasteiger partial charge < -0.3 is 9.84 Å². The molecule has 6 heteroatoms. The highest BCUT2D eigenvalue weighted by Gasteiger charge is 2.19. The molecule has 2 rings (SSSR count). The molecule has 2 N–H and O–H groups in total. The molecule has 0 fully saturated rings. The van der Waals surface area contributed by atoms with E-state index in [1.807, 2.05) is 20.8 Å². The minimum Gasteiger partial charge on any atom is -0.360 e. The molecule has 0 aliphatic rings. The minimum absolute atomic E-state index is 0.0734. The molecular weight excluding hydrogens is 232 g/mol. The molecule has 0 aromatic carbocycles. The number of H-pyrrole nitrogens is 1. The summed E-state index contributed by atoms with van der Waals surface area (Å²) in [5.74, 6) is 0.718. The van der Waals surface area contributed by atoms with Crippen LogP contribution in [0.3, 0.4) is 0 Å². The summed E-state index contributed by atoms with van der Waals surface area (Å²) in [5.41, 5.74) is 1.17. The summed E-state index contributed by atoms with van der Waals surface area (Å²) in [6.45, 7) is 7.89. The monoisotopic (exact) mass is 248 g/mol. The number of aromatic nitrogens is 3. The van der Waals surface area contributed by atoms with Gasteiger partial charge in [-0.15, -0.1) is 0 Å². The quantitative estimate of drug-likeness (QED) is 0.853. The maximum absolute atomic E-state index is 11.9. The first-order valence-electron chi connectivity index (χ1n) is 5.67. The van der Waals surface area contributed by atoms with Crippen LogP contribution in [-0.2, 0) is 5.41 Å². The summed E-state index contributed by atoms with van der Waals surface area (Å²) in [5, 5.41) is 13.2. The van der Waals surface area contributed by atoms with Crippen LogP contribution < -0.4 is 5.32 Å². The Labute approximate surface area is 105 Å². The van der Waals surface area contributed by atoms with Crippen molar-refractivity contribution in [1.82, 2.24) is 15.4 Å². The molecule has 0 atom stereocenters. The molecule has 0 unspecified atom stereocenters. The summed E-state index contributed by atoms with van der Waals surface area (Å²) in [6.07, 6.45) is 0. The van der Waals surface area contributed by atoms with Gasteiger partial charge in [0.2, 0.25) is 0 Å². The smallest absolute Gasteiger partial charge is 0.277 e. The van der Waals surface area contributed by atoms with Gasteiger partial charge in [-0.3, -0.25) is 9.89 Å². The van der Waals surface area contributed by atoms with Crippen molar-refractivity contribution < 1.29 is 9.32 Å². The molecule has 96 valence electrons. The van der Waals surface area contributed by atoms with Crippen molar-refractivity contribution in [3.05, 3.63) is 29.3 Å². The van der Waals surface area contributed by atoms with E-state index in [1.165, 1.54) is 0 Å². The first kappa shape index (κ1) is 12.3. The Morgan fingerprint density at radius 2 is 2.11 bits per heavy atom. The Balaban J connectivity index is 2.12. The number of rotatable bonds is 2. The van der Waals surface area contributed by atoms with E-state index in [0.29, 0.717) is 17.3 Å². The number of carbonyl (C=O) groups is 1. The number of anilines is 1. The van der Waals surface area contributed by atoms with E-state index in [-0.39, 0.29) is 11.3 Å². The van der Waals surface area contributed by atoms with E-state index in [4.69, 9.17) is 4.52 Å². The second kappa shape index (κ2) is 4.29. The number of hydrogen-bond acceptors (Lipinski definition) is 4. The summed E-state index contributed by atoms with van der Waals surface area (Å²) in [7, 11) is 0. The number of amides is 1. The van der Waals surface area contributed by atoms with Gasteiger partial charge in [-0.25, -0.2) is 0 Å². The number of aromatic amines is 1. The van der Waals surface area contributed by atoms with Gasteiger partial charge in [0, 0.05) is 17.2 Å². The lowest BCUT2D eigenvalue weighted by Crippen LogP contribution is -2.13. The average Bonchev–Trinajstić information content (AvgIpc) is 2.85. The van der Waals surface area contributed by atoms with E-state index in [0.717, 1.165) is 5.69 Å². The number of hydrogen-bond donors (Lipinski definition) is 2. The van der Waals surface area contributed by atoms with Gasteiger partial charge in [-0.05, 0) is 13.0 Å². The van der Waals surface area contributed by atoms with Crippen molar-refractivity contribution in [2.24, 2.45) is 0 Å². The molecule has 0 spiro atoms. The Kier molecular flexibility index (Phi) is 2.94. The molecule has 2 aromatic heterocycles. The van der Waals surface area contributed by atoms with Crippen LogP contribution in [0.2, 0.25) is 0 Å². The van der Waals surface area contributed by atoms with Crippen LogP contribution in [0.4, 0.5) is 5.82 Å². The van der Waals surface area contributed by atoms with Crippen LogP contribution in [0.5, 0.6) is 0 Å². The molecule has 6 nitrogen and oxygen atoms in total. The van der Waals surface area contributed by atoms with E-state index < -0.39 is 0 Å². The molecule has 0 bridgehead atoms. The van der Waals surface area contributed by atoms with Crippen molar-refractivity contribution in [2.75, 3.05) is 5.32 Å². The second-order valence-electron chi connectivity index (χ2n) is 5.19. The fourth-order valence-electron chi connectivity index (χ4n) is 1.43. The highest BCUT2D eigenvalue weighted by Crippen LogP contribution is 2.20. The topological polar surface area (TPSA) is 83.8 Å². The lowest BCUT2D eigenvalue weighted by molar-refractivity contribution is 0.102. The molecule has 18 heavy (non-hydrogen) atoms. The number of nitrogens with one attached hydrogen (secondary N) is 2. The van der Waals surface area contributed by atoms with E-state index in [9.17, 15) is 4.79 Å². The third-order valence-corrected chi connectivity index (χ3v) is 2.49. The predicted octanol–water partition coefficient (Wildman–Crippen LogP) is 2.26. The summed E-state index contributed by atoms with van der Waals surface area (Å²) in [4.78, 5) is 11.9. The zero-order chi connectivity index (χ0) is 13.3. The standard InChI is InChI=1S/C12H16N4O2/c1-7-5-10(16-18-7)13-11(17)8-6-9(15-14-8)12(2,3)4/h5-6H,1-4H3,(H,14,15)(H,13,16,17). The number of carbonyl (C=O) groups excluding carboxylic acids is 1. The fraction of sp³-hybridized carbons (Fsp3) is 0.417. The van der Waals surface area contributed by atoms with Crippen LogP contribution in [0.25, 0.3) is 0 Å². The van der Waals surface area contributed by atoms with Gasteiger partial charge >= 0.3 is 0 Å². The van der Waals surface area contributed by atoms with Gasteiger partial charge in [0.25, 0.3) is 5.91 Å². The van der Waals surface area contributed by atoms with E-state index in [2.05, 4.69) is 20.7 Å². The molecule has 0 saturated heterocycles. The van der Waals surface area contributed by atoms with E-state index >= 15 is 0 Å². The Morgan fingerprint density at radius 3 is 2.61 bits per heavy atom. The van der Waals surface area contributed by atoms with Crippen molar-refractivity contribution in [1.29, 1.82) is 0 Å². The van der Waals surface area contributed by atoms with E-state index in [1.54, 1.807) is 19.1 Å². The zero-order valence-corrected chi connectivity index (χ0v) is 10.9. The van der Waals surface area contributed by atoms with Crippen LogP contribution in [-0.4, -0.2) is 21.3 Å². The van der Waals surface area contributed by atoms with Gasteiger partial charge in [-0.1, -0.05) is 25.9 Å². The SMILES string of the molecule is Cc1cc(NC(=O)c2cc(C(C)(C)C)[nH]n2)no1. The Bertz CT molecular complexity index is 563. The first-order chi connectivity index (χ1) is 8.36. The summed E-state index contributed by atoms with van der Waals surface area (Å²) >= 11 is 0. The second-order valence-corrected chi connectivity index (χ2v) is 5.19. The van der Waals surface area contributed by atoms with Crippen LogP contribution in [0.15, 0.2) is 16.7 Å². The molecular formula is C12H16N4O2. The largest absolute Gasteiger partial charge is 0.360 e. The molecule has 0 radical (unpaired) electrons. The number of nitrogens with zero attached hydrogens (tertiary/aromatic N) is 2. The first-order valence-corrected chi connectivity index (χ1v) is 5.67. The highest BCUT2D eigenvalue weighted by molar-refractivity contribution is 6.02. The average molecular weight is 248 g/mol. The molecule has 0 aliphatic carbocycles. The van der Waals surface area contributed by atoms with Gasteiger partial charge in [-0.2, -0.15) is 5.10 Å². The third-order valence-electron chi connectivity index (χ3n) is 2.49. The fourth-order valence-corrected chi connectivity index (χ4v) is 1.43. The lowest BCUT2D eigenvalue weighted by Gasteiger charge is -2.14. The molecule has 0 aliphatic heterocycles. The van der Waals surface area contributed by atoms with Crippen LogP contribution in [0.1, 0.15) is 42.7 Å². The molecule has 0 saturated carbocycles.